The van der Waals surface area contributed by atoms with Gasteiger partial charge in [0.2, 0.25) is 5.91 Å². The van der Waals surface area contributed by atoms with E-state index in [0.717, 1.165) is 0 Å². The summed E-state index contributed by atoms with van der Waals surface area (Å²) in [5.41, 5.74) is 0. The second-order valence-electron chi connectivity index (χ2n) is 2.84. The van der Waals surface area contributed by atoms with Crippen LogP contribution in [0.15, 0.2) is 0 Å². The predicted octanol–water partition coefficient (Wildman–Crippen LogP) is -0.0143. The number of carboxylic acids is 1. The highest BCUT2D eigenvalue weighted by Gasteiger charge is 2.30. The van der Waals surface area contributed by atoms with Gasteiger partial charge in [0.15, 0.2) is 0 Å². The number of rotatable bonds is 1. The zero-order valence-corrected chi connectivity index (χ0v) is 6.33. The molecule has 11 heavy (non-hydrogen) atoms. The Labute approximate surface area is 64.6 Å². The first-order chi connectivity index (χ1) is 5.11. The Morgan fingerprint density at radius 2 is 2.36 bits per heavy atom. The molecule has 62 valence electrons. The molecule has 0 bridgehead atoms. The highest BCUT2D eigenvalue weighted by molar-refractivity contribution is 5.81. The van der Waals surface area contributed by atoms with Crippen LogP contribution in [-0.2, 0) is 9.59 Å². The highest BCUT2D eigenvalue weighted by Crippen LogP contribution is 2.16. The van der Waals surface area contributed by atoms with Crippen LogP contribution >= 0.6 is 0 Å². The van der Waals surface area contributed by atoms with Crippen LogP contribution in [-0.4, -0.2) is 23.0 Å². The van der Waals surface area contributed by atoms with Gasteiger partial charge in [-0.2, -0.15) is 0 Å². The molecule has 2 N–H and O–H groups in total. The first kappa shape index (κ1) is 8.04. The van der Waals surface area contributed by atoms with Crippen LogP contribution in [0.5, 0.6) is 0 Å². The van der Waals surface area contributed by atoms with Crippen LogP contribution in [0.1, 0.15) is 19.8 Å². The van der Waals surface area contributed by atoms with Crippen molar-refractivity contribution in [3.8, 4) is 0 Å². The molecule has 0 aromatic rings. The number of nitrogens with one attached hydrogen (secondary N) is 1. The number of piperidine rings is 1. The molecule has 1 heterocycles. The molecular weight excluding hydrogens is 146 g/mol. The molecule has 0 aromatic heterocycles. The minimum atomic E-state index is -0.822. The molecule has 0 aliphatic carbocycles. The van der Waals surface area contributed by atoms with Crippen molar-refractivity contribution in [2.45, 2.75) is 25.8 Å². The topological polar surface area (TPSA) is 66.4 Å². The Morgan fingerprint density at radius 1 is 1.73 bits per heavy atom. The van der Waals surface area contributed by atoms with Gasteiger partial charge in [-0.05, 0) is 13.3 Å². The lowest BCUT2D eigenvalue weighted by molar-refractivity contribution is -0.144. The van der Waals surface area contributed by atoms with E-state index in [1.165, 1.54) is 0 Å². The van der Waals surface area contributed by atoms with E-state index in [-0.39, 0.29) is 11.9 Å². The quantitative estimate of drug-likeness (QED) is 0.562. The molecule has 1 amide bonds. The number of carbonyl (C=O) groups excluding carboxylic acids is 1. The van der Waals surface area contributed by atoms with Crippen molar-refractivity contribution < 1.29 is 14.7 Å². The average molecular weight is 157 g/mol. The SMILES string of the molecule is C[C@@H]1NC(=O)CC[C@@H]1C(=O)O. The van der Waals surface area contributed by atoms with Gasteiger partial charge in [0.05, 0.1) is 5.92 Å². The van der Waals surface area contributed by atoms with E-state index in [4.69, 9.17) is 5.11 Å². The first-order valence-corrected chi connectivity index (χ1v) is 3.63. The Balaban J connectivity index is 2.57. The average Bonchev–Trinajstić information content (AvgIpc) is 1.85. The zero-order chi connectivity index (χ0) is 8.43. The second-order valence-corrected chi connectivity index (χ2v) is 2.84. The van der Waals surface area contributed by atoms with Gasteiger partial charge in [-0.25, -0.2) is 0 Å². The van der Waals surface area contributed by atoms with E-state index in [2.05, 4.69) is 5.32 Å². The molecule has 1 fully saturated rings. The molecule has 1 aliphatic heterocycles. The van der Waals surface area contributed by atoms with Gasteiger partial charge in [0.25, 0.3) is 0 Å². The van der Waals surface area contributed by atoms with Crippen molar-refractivity contribution in [3.63, 3.8) is 0 Å². The van der Waals surface area contributed by atoms with Crippen molar-refractivity contribution in [2.75, 3.05) is 0 Å². The molecule has 4 heteroatoms. The fraction of sp³-hybridized carbons (Fsp3) is 0.714. The minimum absolute atomic E-state index is 0.0463. The summed E-state index contributed by atoms with van der Waals surface area (Å²) in [6, 6.07) is -0.228. The Kier molecular flexibility index (Phi) is 2.12. The molecule has 0 radical (unpaired) electrons. The van der Waals surface area contributed by atoms with E-state index >= 15 is 0 Å². The number of hydrogen-bond acceptors (Lipinski definition) is 2. The number of hydrogen-bond donors (Lipinski definition) is 2. The minimum Gasteiger partial charge on any atom is -0.481 e. The van der Waals surface area contributed by atoms with Crippen LogP contribution in [0, 0.1) is 5.92 Å². The van der Waals surface area contributed by atoms with E-state index in [1.54, 1.807) is 6.92 Å². The van der Waals surface area contributed by atoms with Gasteiger partial charge in [-0.3, -0.25) is 9.59 Å². The summed E-state index contributed by atoms with van der Waals surface area (Å²) in [4.78, 5) is 21.3. The summed E-state index contributed by atoms with van der Waals surface area (Å²) in [6.07, 6.45) is 0.795. The molecule has 1 aliphatic rings. The fourth-order valence-electron chi connectivity index (χ4n) is 1.30. The summed E-state index contributed by atoms with van der Waals surface area (Å²) in [7, 11) is 0. The highest BCUT2D eigenvalue weighted by atomic mass is 16.4. The molecular formula is C7H11NO3. The van der Waals surface area contributed by atoms with Gasteiger partial charge in [-0.15, -0.1) is 0 Å². The summed E-state index contributed by atoms with van der Waals surface area (Å²) in [6.45, 7) is 1.72. The summed E-state index contributed by atoms with van der Waals surface area (Å²) < 4.78 is 0. The van der Waals surface area contributed by atoms with Gasteiger partial charge in [-0.1, -0.05) is 0 Å². The molecule has 0 saturated carbocycles. The Hall–Kier alpha value is -1.06. The van der Waals surface area contributed by atoms with Crippen LogP contribution in [0.2, 0.25) is 0 Å². The smallest absolute Gasteiger partial charge is 0.308 e. The van der Waals surface area contributed by atoms with Gasteiger partial charge in [0.1, 0.15) is 0 Å². The molecule has 4 nitrogen and oxygen atoms in total. The second kappa shape index (κ2) is 2.90. The fourth-order valence-corrected chi connectivity index (χ4v) is 1.30. The lowest BCUT2D eigenvalue weighted by atomic mass is 9.92. The largest absolute Gasteiger partial charge is 0.481 e. The first-order valence-electron chi connectivity index (χ1n) is 3.63. The standard InChI is InChI=1S/C7H11NO3/c1-4-5(7(10)11)2-3-6(9)8-4/h4-5H,2-3H2,1H3,(H,8,9)(H,10,11)/t4-,5-/m0/s1. The normalized spacial score (nSPS) is 31.2. The lowest BCUT2D eigenvalue weighted by Gasteiger charge is -2.25. The molecule has 1 saturated heterocycles. The maximum atomic E-state index is 10.7. The van der Waals surface area contributed by atoms with Crippen LogP contribution in [0.25, 0.3) is 0 Å². The van der Waals surface area contributed by atoms with E-state index < -0.39 is 11.9 Å². The van der Waals surface area contributed by atoms with Crippen molar-refractivity contribution in [3.05, 3.63) is 0 Å². The van der Waals surface area contributed by atoms with Gasteiger partial charge < -0.3 is 10.4 Å². The van der Waals surface area contributed by atoms with Crippen molar-refractivity contribution in [1.29, 1.82) is 0 Å². The number of aliphatic carboxylic acids is 1. The maximum absolute atomic E-state index is 10.7. The summed E-state index contributed by atoms with van der Waals surface area (Å²) in [5.74, 6) is -1.28. The van der Waals surface area contributed by atoms with Crippen LogP contribution < -0.4 is 5.32 Å². The van der Waals surface area contributed by atoms with E-state index in [0.29, 0.717) is 12.8 Å². The summed E-state index contributed by atoms with van der Waals surface area (Å²) in [5, 5.41) is 11.2. The van der Waals surface area contributed by atoms with E-state index in [9.17, 15) is 9.59 Å². The number of amides is 1. The number of carbonyl (C=O) groups is 2. The Bertz CT molecular complexity index is 190. The predicted molar refractivity (Wildman–Crippen MR) is 38.0 cm³/mol. The number of carboxylic acid groups (broad SMARTS) is 1. The maximum Gasteiger partial charge on any atom is 0.308 e. The Morgan fingerprint density at radius 3 is 2.82 bits per heavy atom. The van der Waals surface area contributed by atoms with E-state index in [1.807, 2.05) is 0 Å². The monoisotopic (exact) mass is 157 g/mol. The summed E-state index contributed by atoms with van der Waals surface area (Å²) >= 11 is 0. The van der Waals surface area contributed by atoms with Crippen molar-refractivity contribution >= 4 is 11.9 Å². The van der Waals surface area contributed by atoms with Crippen LogP contribution in [0.3, 0.4) is 0 Å². The van der Waals surface area contributed by atoms with Crippen molar-refractivity contribution in [1.82, 2.24) is 5.32 Å². The third kappa shape index (κ3) is 1.69. The molecule has 0 unspecified atom stereocenters. The zero-order valence-electron chi connectivity index (χ0n) is 6.33. The lowest BCUT2D eigenvalue weighted by Crippen LogP contribution is -2.45. The van der Waals surface area contributed by atoms with Gasteiger partial charge in [0, 0.05) is 12.5 Å². The molecule has 0 aromatic carbocycles. The third-order valence-electron chi connectivity index (χ3n) is 1.99. The molecule has 1 rings (SSSR count). The molecule has 2 atom stereocenters. The third-order valence-corrected chi connectivity index (χ3v) is 1.99. The van der Waals surface area contributed by atoms with Crippen molar-refractivity contribution in [2.24, 2.45) is 5.92 Å². The van der Waals surface area contributed by atoms with Crippen LogP contribution in [0.4, 0.5) is 0 Å². The molecule has 0 spiro atoms. The van der Waals surface area contributed by atoms with Gasteiger partial charge >= 0.3 is 5.97 Å².